The SMILES string of the molecule is COC(=O)c1cc(COC(=O)c2ccoc2C)oc1C. The van der Waals surface area contributed by atoms with Crippen LogP contribution in [0.2, 0.25) is 0 Å². The third-order valence-corrected chi connectivity index (χ3v) is 2.80. The van der Waals surface area contributed by atoms with Gasteiger partial charge in [0.25, 0.3) is 0 Å². The summed E-state index contributed by atoms with van der Waals surface area (Å²) in [4.78, 5) is 23.2. The molecule has 0 aliphatic heterocycles. The van der Waals surface area contributed by atoms with Gasteiger partial charge in [0.05, 0.1) is 13.4 Å². The topological polar surface area (TPSA) is 78.9 Å². The molecule has 0 radical (unpaired) electrons. The standard InChI is InChI=1S/C14H14O6/c1-8-11(4-5-18-8)14(16)19-7-10-6-12(9(2)20-10)13(15)17-3/h4-6H,7H2,1-3H3. The fourth-order valence-corrected chi connectivity index (χ4v) is 1.74. The van der Waals surface area contributed by atoms with Gasteiger partial charge >= 0.3 is 11.9 Å². The van der Waals surface area contributed by atoms with Crippen molar-refractivity contribution in [2.24, 2.45) is 0 Å². The van der Waals surface area contributed by atoms with Crippen LogP contribution in [-0.4, -0.2) is 19.0 Å². The van der Waals surface area contributed by atoms with Crippen LogP contribution in [0.1, 0.15) is 38.0 Å². The van der Waals surface area contributed by atoms with Crippen molar-refractivity contribution >= 4 is 11.9 Å². The van der Waals surface area contributed by atoms with Crippen LogP contribution >= 0.6 is 0 Å². The monoisotopic (exact) mass is 278 g/mol. The van der Waals surface area contributed by atoms with E-state index >= 15 is 0 Å². The molecule has 106 valence electrons. The number of methoxy groups -OCH3 is 1. The van der Waals surface area contributed by atoms with Crippen molar-refractivity contribution in [3.8, 4) is 0 Å². The average Bonchev–Trinajstić information content (AvgIpc) is 3.01. The van der Waals surface area contributed by atoms with E-state index in [0.29, 0.717) is 28.4 Å². The van der Waals surface area contributed by atoms with E-state index in [1.165, 1.54) is 25.5 Å². The molecule has 0 amide bonds. The Balaban J connectivity index is 2.03. The second-order valence-corrected chi connectivity index (χ2v) is 4.14. The first-order valence-corrected chi connectivity index (χ1v) is 5.91. The highest BCUT2D eigenvalue weighted by Crippen LogP contribution is 2.17. The molecule has 6 nitrogen and oxygen atoms in total. The number of rotatable bonds is 4. The summed E-state index contributed by atoms with van der Waals surface area (Å²) in [5, 5.41) is 0. The Morgan fingerprint density at radius 1 is 1.15 bits per heavy atom. The van der Waals surface area contributed by atoms with Gasteiger partial charge in [-0.1, -0.05) is 0 Å². The maximum absolute atomic E-state index is 11.8. The summed E-state index contributed by atoms with van der Waals surface area (Å²) in [7, 11) is 1.29. The predicted molar refractivity (Wildman–Crippen MR) is 67.3 cm³/mol. The van der Waals surface area contributed by atoms with Crippen LogP contribution < -0.4 is 0 Å². The van der Waals surface area contributed by atoms with Crippen LogP contribution in [-0.2, 0) is 16.1 Å². The van der Waals surface area contributed by atoms with Crippen LogP contribution in [0.15, 0.2) is 27.2 Å². The van der Waals surface area contributed by atoms with Gasteiger partial charge in [0.15, 0.2) is 0 Å². The summed E-state index contributed by atoms with van der Waals surface area (Å²) >= 11 is 0. The van der Waals surface area contributed by atoms with Gasteiger partial charge in [0.2, 0.25) is 0 Å². The van der Waals surface area contributed by atoms with Crippen LogP contribution in [0.4, 0.5) is 0 Å². The molecule has 0 aliphatic carbocycles. The summed E-state index contributed by atoms with van der Waals surface area (Å²) in [6.45, 7) is 3.24. The first-order chi connectivity index (χ1) is 9.52. The zero-order valence-corrected chi connectivity index (χ0v) is 11.4. The highest BCUT2D eigenvalue weighted by Gasteiger charge is 2.18. The maximum atomic E-state index is 11.8. The summed E-state index contributed by atoms with van der Waals surface area (Å²) in [6, 6.07) is 3.03. The number of ether oxygens (including phenoxy) is 2. The molecule has 0 aliphatic rings. The molecule has 2 aromatic rings. The summed E-state index contributed by atoms with van der Waals surface area (Å²) in [6.07, 6.45) is 1.42. The molecule has 0 N–H and O–H groups in total. The zero-order chi connectivity index (χ0) is 14.7. The molecule has 0 aromatic carbocycles. The lowest BCUT2D eigenvalue weighted by Gasteiger charge is -2.01. The number of furan rings is 2. The molecular weight excluding hydrogens is 264 g/mol. The number of carbonyl (C=O) groups is 2. The van der Waals surface area contributed by atoms with E-state index in [2.05, 4.69) is 4.74 Å². The minimum atomic E-state index is -0.509. The molecule has 0 spiro atoms. The van der Waals surface area contributed by atoms with Crippen molar-refractivity contribution in [3.63, 3.8) is 0 Å². The van der Waals surface area contributed by atoms with Gasteiger partial charge in [-0.2, -0.15) is 0 Å². The zero-order valence-electron chi connectivity index (χ0n) is 11.4. The van der Waals surface area contributed by atoms with Gasteiger partial charge in [-0.3, -0.25) is 0 Å². The van der Waals surface area contributed by atoms with Gasteiger partial charge in [-0.25, -0.2) is 9.59 Å². The number of carbonyl (C=O) groups excluding carboxylic acids is 2. The fraction of sp³-hybridized carbons (Fsp3) is 0.286. The molecule has 0 saturated heterocycles. The van der Waals surface area contributed by atoms with E-state index in [0.717, 1.165) is 0 Å². The van der Waals surface area contributed by atoms with Crippen molar-refractivity contribution in [1.29, 1.82) is 0 Å². The smallest absolute Gasteiger partial charge is 0.342 e. The minimum absolute atomic E-state index is 0.0682. The number of esters is 2. The van der Waals surface area contributed by atoms with Crippen molar-refractivity contribution in [2.45, 2.75) is 20.5 Å². The lowest BCUT2D eigenvalue weighted by Crippen LogP contribution is -2.05. The Morgan fingerprint density at radius 3 is 2.50 bits per heavy atom. The molecule has 0 unspecified atom stereocenters. The van der Waals surface area contributed by atoms with Crippen LogP contribution in [0.5, 0.6) is 0 Å². The summed E-state index contributed by atoms with van der Waals surface area (Å²) in [5.74, 6) is 0.278. The second-order valence-electron chi connectivity index (χ2n) is 4.14. The molecule has 0 bridgehead atoms. The molecule has 6 heteroatoms. The Labute approximate surface area is 115 Å². The van der Waals surface area contributed by atoms with Gasteiger partial charge in [-0.15, -0.1) is 0 Å². The van der Waals surface area contributed by atoms with Crippen molar-refractivity contribution in [3.05, 3.63) is 46.8 Å². The van der Waals surface area contributed by atoms with Crippen molar-refractivity contribution < 1.29 is 27.9 Å². The third kappa shape index (κ3) is 2.74. The van der Waals surface area contributed by atoms with E-state index in [-0.39, 0.29) is 6.61 Å². The number of aryl methyl sites for hydroxylation is 2. The third-order valence-electron chi connectivity index (χ3n) is 2.80. The van der Waals surface area contributed by atoms with E-state index in [9.17, 15) is 9.59 Å². The van der Waals surface area contributed by atoms with Crippen molar-refractivity contribution in [1.82, 2.24) is 0 Å². The van der Waals surface area contributed by atoms with Crippen LogP contribution in [0.25, 0.3) is 0 Å². The largest absolute Gasteiger partial charge is 0.469 e. The first-order valence-electron chi connectivity index (χ1n) is 5.91. The highest BCUT2D eigenvalue weighted by atomic mass is 16.5. The Hall–Kier alpha value is -2.50. The van der Waals surface area contributed by atoms with Gasteiger partial charge in [0.1, 0.15) is 35.0 Å². The number of hydrogen-bond donors (Lipinski definition) is 0. The molecule has 2 aromatic heterocycles. The van der Waals surface area contributed by atoms with E-state index in [4.69, 9.17) is 13.6 Å². The summed E-state index contributed by atoms with van der Waals surface area (Å²) in [5.41, 5.74) is 0.680. The summed E-state index contributed by atoms with van der Waals surface area (Å²) < 4.78 is 20.1. The Kier molecular flexibility index (Phi) is 3.93. The Morgan fingerprint density at radius 2 is 1.90 bits per heavy atom. The van der Waals surface area contributed by atoms with Crippen LogP contribution in [0, 0.1) is 13.8 Å². The maximum Gasteiger partial charge on any atom is 0.342 e. The minimum Gasteiger partial charge on any atom is -0.469 e. The quantitative estimate of drug-likeness (QED) is 0.800. The van der Waals surface area contributed by atoms with E-state index < -0.39 is 11.9 Å². The lowest BCUT2D eigenvalue weighted by molar-refractivity contribution is 0.0442. The molecule has 2 heterocycles. The molecule has 0 fully saturated rings. The number of hydrogen-bond acceptors (Lipinski definition) is 6. The molecular formula is C14H14O6. The normalized spacial score (nSPS) is 10.3. The molecule has 0 saturated carbocycles. The van der Waals surface area contributed by atoms with E-state index in [1.54, 1.807) is 13.8 Å². The van der Waals surface area contributed by atoms with Gasteiger partial charge in [-0.05, 0) is 26.0 Å². The Bertz CT molecular complexity index is 634. The first kappa shape index (κ1) is 13.9. The van der Waals surface area contributed by atoms with Crippen LogP contribution in [0.3, 0.4) is 0 Å². The predicted octanol–water partition coefficient (Wildman–Crippen LogP) is 2.63. The highest BCUT2D eigenvalue weighted by molar-refractivity contribution is 5.91. The second kappa shape index (κ2) is 5.64. The molecule has 20 heavy (non-hydrogen) atoms. The fourth-order valence-electron chi connectivity index (χ4n) is 1.74. The molecule has 2 rings (SSSR count). The lowest BCUT2D eigenvalue weighted by atomic mass is 10.2. The molecule has 0 atom stereocenters. The van der Waals surface area contributed by atoms with Gasteiger partial charge < -0.3 is 18.3 Å². The average molecular weight is 278 g/mol. The van der Waals surface area contributed by atoms with Crippen molar-refractivity contribution in [2.75, 3.05) is 7.11 Å². The van der Waals surface area contributed by atoms with Gasteiger partial charge in [0, 0.05) is 0 Å². The van der Waals surface area contributed by atoms with E-state index in [1.807, 2.05) is 0 Å².